The van der Waals surface area contributed by atoms with E-state index in [9.17, 15) is 4.79 Å². The number of carbonyl (C=O) groups excluding carboxylic acids is 1. The van der Waals surface area contributed by atoms with Crippen molar-refractivity contribution in [3.05, 3.63) is 34.3 Å². The fraction of sp³-hybridized carbons (Fsp3) is 0.222. The van der Waals surface area contributed by atoms with Crippen molar-refractivity contribution in [3.8, 4) is 0 Å². The van der Waals surface area contributed by atoms with Gasteiger partial charge in [0.1, 0.15) is 6.29 Å². The van der Waals surface area contributed by atoms with Crippen LogP contribution in [0.3, 0.4) is 0 Å². The maximum absolute atomic E-state index is 10.3. The number of hydrogen-bond donors (Lipinski definition) is 1. The van der Waals surface area contributed by atoms with Gasteiger partial charge in [-0.15, -0.1) is 0 Å². The predicted molar refractivity (Wildman–Crippen MR) is 47.6 cm³/mol. The summed E-state index contributed by atoms with van der Waals surface area (Å²) >= 11 is 5.82. The van der Waals surface area contributed by atoms with Gasteiger partial charge in [-0.25, -0.2) is 0 Å². The van der Waals surface area contributed by atoms with Gasteiger partial charge in [-0.1, -0.05) is 23.7 Å². The molecule has 0 aromatic heterocycles. The molecule has 0 fully saturated rings. The van der Waals surface area contributed by atoms with Gasteiger partial charge < -0.3 is 5.11 Å². The first kappa shape index (κ1) is 9.23. The summed E-state index contributed by atoms with van der Waals surface area (Å²) in [6.45, 7) is 0.0696. The van der Waals surface area contributed by atoms with Crippen LogP contribution in [-0.4, -0.2) is 18.0 Å². The summed E-state index contributed by atoms with van der Waals surface area (Å²) in [6, 6.07) is 5.03. The highest BCUT2D eigenvalue weighted by Gasteiger charge is 1.99. The molecule has 0 heterocycles. The van der Waals surface area contributed by atoms with E-state index in [4.69, 9.17) is 16.7 Å². The van der Waals surface area contributed by atoms with Gasteiger partial charge in [0.15, 0.2) is 0 Å². The third-order valence-electron chi connectivity index (χ3n) is 1.59. The highest BCUT2D eigenvalue weighted by atomic mass is 35.5. The number of aldehydes is 1. The van der Waals surface area contributed by atoms with Crippen molar-refractivity contribution >= 4 is 17.9 Å². The number of halogens is 1. The van der Waals surface area contributed by atoms with Crippen LogP contribution in [0.25, 0.3) is 0 Å². The minimum absolute atomic E-state index is 0.0696. The molecule has 0 amide bonds. The van der Waals surface area contributed by atoms with Crippen LogP contribution >= 0.6 is 11.6 Å². The largest absolute Gasteiger partial charge is 0.396 e. The Morgan fingerprint density at radius 1 is 1.50 bits per heavy atom. The molecule has 1 rings (SSSR count). The van der Waals surface area contributed by atoms with Gasteiger partial charge in [-0.3, -0.25) is 4.79 Å². The van der Waals surface area contributed by atoms with Gasteiger partial charge in [-0.2, -0.15) is 0 Å². The topological polar surface area (TPSA) is 37.3 Å². The maximum Gasteiger partial charge on any atom is 0.150 e. The summed E-state index contributed by atoms with van der Waals surface area (Å²) in [5.74, 6) is 0. The molecule has 0 saturated carbocycles. The van der Waals surface area contributed by atoms with Crippen molar-refractivity contribution in [3.63, 3.8) is 0 Å². The Balaban J connectivity index is 2.94. The highest BCUT2D eigenvalue weighted by Crippen LogP contribution is 2.17. The molecule has 0 atom stereocenters. The van der Waals surface area contributed by atoms with Crippen molar-refractivity contribution in [2.75, 3.05) is 6.61 Å². The Kier molecular flexibility index (Phi) is 3.26. The fourth-order valence-electron chi connectivity index (χ4n) is 0.960. The Hall–Kier alpha value is -0.860. The Labute approximate surface area is 75.8 Å². The molecule has 1 N–H and O–H groups in total. The van der Waals surface area contributed by atoms with Gasteiger partial charge in [0, 0.05) is 17.2 Å². The van der Waals surface area contributed by atoms with Crippen LogP contribution in [0.1, 0.15) is 15.9 Å². The molecule has 1 aromatic carbocycles. The molecule has 0 aliphatic rings. The molecular formula is C9H9ClO2. The average Bonchev–Trinajstić information content (AvgIpc) is 2.09. The number of carbonyl (C=O) groups is 1. The van der Waals surface area contributed by atoms with Crippen LogP contribution in [0, 0.1) is 0 Å². The van der Waals surface area contributed by atoms with Crippen molar-refractivity contribution in [1.82, 2.24) is 0 Å². The molecule has 2 nitrogen and oxygen atoms in total. The second kappa shape index (κ2) is 4.24. The first-order valence-corrected chi connectivity index (χ1v) is 4.00. The molecule has 0 unspecified atom stereocenters. The van der Waals surface area contributed by atoms with Gasteiger partial charge in [0.25, 0.3) is 0 Å². The van der Waals surface area contributed by atoms with E-state index in [1.165, 1.54) is 0 Å². The standard InChI is InChI=1S/C9H9ClO2/c10-9-5-7(6-12)1-2-8(9)3-4-11/h1-2,5-6,11H,3-4H2. The van der Waals surface area contributed by atoms with Crippen LogP contribution in [0.2, 0.25) is 5.02 Å². The lowest BCUT2D eigenvalue weighted by atomic mass is 10.1. The number of aliphatic hydroxyl groups excluding tert-OH is 1. The van der Waals surface area contributed by atoms with E-state index in [-0.39, 0.29) is 6.61 Å². The molecule has 0 bridgehead atoms. The predicted octanol–water partition coefficient (Wildman–Crippen LogP) is 1.69. The minimum Gasteiger partial charge on any atom is -0.396 e. The van der Waals surface area contributed by atoms with Crippen molar-refractivity contribution < 1.29 is 9.90 Å². The lowest BCUT2D eigenvalue weighted by Gasteiger charge is -2.01. The minimum atomic E-state index is 0.0696. The first-order chi connectivity index (χ1) is 5.77. The number of benzene rings is 1. The van der Waals surface area contributed by atoms with E-state index in [1.807, 2.05) is 0 Å². The summed E-state index contributed by atoms with van der Waals surface area (Å²) in [4.78, 5) is 10.3. The van der Waals surface area contributed by atoms with Crippen molar-refractivity contribution in [2.24, 2.45) is 0 Å². The quantitative estimate of drug-likeness (QED) is 0.726. The van der Waals surface area contributed by atoms with E-state index >= 15 is 0 Å². The second-order valence-electron chi connectivity index (χ2n) is 2.44. The van der Waals surface area contributed by atoms with E-state index < -0.39 is 0 Å². The zero-order valence-electron chi connectivity index (χ0n) is 6.46. The third-order valence-corrected chi connectivity index (χ3v) is 1.95. The zero-order chi connectivity index (χ0) is 8.97. The summed E-state index contributed by atoms with van der Waals surface area (Å²) in [7, 11) is 0. The van der Waals surface area contributed by atoms with Crippen LogP contribution in [0.5, 0.6) is 0 Å². The molecule has 0 saturated heterocycles. The van der Waals surface area contributed by atoms with E-state index in [2.05, 4.69) is 0 Å². The number of rotatable bonds is 3. The Morgan fingerprint density at radius 2 is 2.25 bits per heavy atom. The molecule has 3 heteroatoms. The van der Waals surface area contributed by atoms with Crippen molar-refractivity contribution in [1.29, 1.82) is 0 Å². The molecule has 0 aliphatic heterocycles. The van der Waals surface area contributed by atoms with E-state index in [1.54, 1.807) is 18.2 Å². The smallest absolute Gasteiger partial charge is 0.150 e. The van der Waals surface area contributed by atoms with Crippen LogP contribution in [0.15, 0.2) is 18.2 Å². The lowest BCUT2D eigenvalue weighted by Crippen LogP contribution is -1.92. The van der Waals surface area contributed by atoms with Gasteiger partial charge in [0.05, 0.1) is 0 Å². The molecule has 0 spiro atoms. The van der Waals surface area contributed by atoms with Gasteiger partial charge in [-0.05, 0) is 18.1 Å². The lowest BCUT2D eigenvalue weighted by molar-refractivity contribution is 0.112. The zero-order valence-corrected chi connectivity index (χ0v) is 7.21. The average molecular weight is 185 g/mol. The van der Waals surface area contributed by atoms with Crippen molar-refractivity contribution in [2.45, 2.75) is 6.42 Å². The maximum atomic E-state index is 10.3. The summed E-state index contributed by atoms with van der Waals surface area (Å²) in [5.41, 5.74) is 1.42. The van der Waals surface area contributed by atoms with Crippen LogP contribution in [0.4, 0.5) is 0 Å². The summed E-state index contributed by atoms with van der Waals surface area (Å²) in [5, 5.41) is 9.18. The van der Waals surface area contributed by atoms with Gasteiger partial charge >= 0.3 is 0 Å². The molecule has 12 heavy (non-hydrogen) atoms. The van der Waals surface area contributed by atoms with E-state index in [0.717, 1.165) is 11.8 Å². The van der Waals surface area contributed by atoms with Crippen LogP contribution in [-0.2, 0) is 6.42 Å². The Morgan fingerprint density at radius 3 is 2.75 bits per heavy atom. The normalized spacial score (nSPS) is 9.83. The SMILES string of the molecule is O=Cc1ccc(CCO)c(Cl)c1. The highest BCUT2D eigenvalue weighted by molar-refractivity contribution is 6.31. The van der Waals surface area contributed by atoms with Crippen LogP contribution < -0.4 is 0 Å². The first-order valence-electron chi connectivity index (χ1n) is 3.62. The molecule has 0 radical (unpaired) electrons. The molecular weight excluding hydrogens is 176 g/mol. The monoisotopic (exact) mass is 184 g/mol. The molecule has 0 aliphatic carbocycles. The number of hydrogen-bond acceptors (Lipinski definition) is 2. The number of aliphatic hydroxyl groups is 1. The fourth-order valence-corrected chi connectivity index (χ4v) is 1.24. The third kappa shape index (κ3) is 2.06. The summed E-state index contributed by atoms with van der Waals surface area (Å²) in [6.07, 6.45) is 1.27. The van der Waals surface area contributed by atoms with Gasteiger partial charge in [0.2, 0.25) is 0 Å². The van der Waals surface area contributed by atoms with E-state index in [0.29, 0.717) is 17.0 Å². The summed E-state index contributed by atoms with van der Waals surface area (Å²) < 4.78 is 0. The molecule has 1 aromatic rings. The Bertz CT molecular complexity index is 284. The second-order valence-corrected chi connectivity index (χ2v) is 2.85. The molecule has 64 valence electrons.